The molecule has 2 nitrogen and oxygen atoms in total. The summed E-state index contributed by atoms with van der Waals surface area (Å²) in [6, 6.07) is 8.03. The van der Waals surface area contributed by atoms with Crippen molar-refractivity contribution >= 4 is 0 Å². The minimum absolute atomic E-state index is 0.348. The first-order chi connectivity index (χ1) is 8.79. The quantitative estimate of drug-likeness (QED) is 0.824. The summed E-state index contributed by atoms with van der Waals surface area (Å²) in [6.07, 6.45) is 8.10. The third-order valence-electron chi connectivity index (χ3n) is 4.08. The summed E-state index contributed by atoms with van der Waals surface area (Å²) in [6.45, 7) is 3.35. The van der Waals surface area contributed by atoms with Gasteiger partial charge in [0.25, 0.3) is 0 Å². The molecule has 2 rings (SSSR count). The lowest BCUT2D eigenvalue weighted by Gasteiger charge is -2.25. The number of phenols is 1. The van der Waals surface area contributed by atoms with Gasteiger partial charge in [-0.15, -0.1) is 0 Å². The Morgan fingerprint density at radius 1 is 1.17 bits per heavy atom. The van der Waals surface area contributed by atoms with Crippen LogP contribution in [-0.2, 0) is 0 Å². The van der Waals surface area contributed by atoms with Gasteiger partial charge >= 0.3 is 0 Å². The molecule has 1 atom stereocenters. The molecule has 0 aromatic heterocycles. The van der Waals surface area contributed by atoms with E-state index in [0.717, 1.165) is 18.9 Å². The van der Waals surface area contributed by atoms with Crippen LogP contribution in [0.2, 0.25) is 0 Å². The average Bonchev–Trinajstić information content (AvgIpc) is 2.42. The summed E-state index contributed by atoms with van der Waals surface area (Å²) in [5.41, 5.74) is 1.28. The summed E-state index contributed by atoms with van der Waals surface area (Å²) in [5, 5.41) is 13.0. The van der Waals surface area contributed by atoms with E-state index in [9.17, 15) is 5.11 Å². The van der Waals surface area contributed by atoms with Gasteiger partial charge in [-0.05, 0) is 49.4 Å². The fourth-order valence-electron chi connectivity index (χ4n) is 2.90. The van der Waals surface area contributed by atoms with Crippen molar-refractivity contribution in [3.63, 3.8) is 0 Å². The Labute approximate surface area is 110 Å². The van der Waals surface area contributed by atoms with Crippen molar-refractivity contribution in [1.29, 1.82) is 0 Å². The third kappa shape index (κ3) is 3.74. The number of aromatic hydroxyl groups is 1. The molecule has 2 N–H and O–H groups in total. The zero-order valence-corrected chi connectivity index (χ0v) is 11.4. The van der Waals surface area contributed by atoms with Gasteiger partial charge in [-0.1, -0.05) is 38.3 Å². The maximum atomic E-state index is 9.32. The number of hydrogen-bond donors (Lipinski definition) is 2. The van der Waals surface area contributed by atoms with Crippen molar-refractivity contribution in [1.82, 2.24) is 5.32 Å². The van der Waals surface area contributed by atoms with Crippen LogP contribution in [0.5, 0.6) is 5.75 Å². The van der Waals surface area contributed by atoms with E-state index in [1.807, 2.05) is 12.1 Å². The summed E-state index contributed by atoms with van der Waals surface area (Å²) >= 11 is 0. The van der Waals surface area contributed by atoms with E-state index in [1.54, 1.807) is 12.1 Å². The molecule has 0 saturated heterocycles. The second-order valence-electron chi connectivity index (χ2n) is 5.46. The van der Waals surface area contributed by atoms with E-state index in [1.165, 1.54) is 37.7 Å². The predicted molar refractivity (Wildman–Crippen MR) is 75.7 cm³/mol. The molecular weight excluding hydrogens is 222 g/mol. The maximum absolute atomic E-state index is 9.32. The summed E-state index contributed by atoms with van der Waals surface area (Å²) in [4.78, 5) is 0. The molecular formula is C16H25NO. The van der Waals surface area contributed by atoms with Crippen LogP contribution >= 0.6 is 0 Å². The zero-order valence-electron chi connectivity index (χ0n) is 11.4. The first-order valence-electron chi connectivity index (χ1n) is 7.32. The predicted octanol–water partition coefficient (Wildman–Crippen LogP) is 4.01. The number of hydrogen-bond acceptors (Lipinski definition) is 2. The van der Waals surface area contributed by atoms with Crippen LogP contribution < -0.4 is 5.32 Å². The van der Waals surface area contributed by atoms with Crippen LogP contribution in [0.3, 0.4) is 0 Å². The molecule has 0 spiro atoms. The van der Waals surface area contributed by atoms with E-state index >= 15 is 0 Å². The third-order valence-corrected chi connectivity index (χ3v) is 4.08. The van der Waals surface area contributed by atoms with E-state index in [0.29, 0.717) is 11.8 Å². The minimum Gasteiger partial charge on any atom is -0.508 e. The largest absolute Gasteiger partial charge is 0.508 e. The molecule has 2 heteroatoms. The summed E-state index contributed by atoms with van der Waals surface area (Å²) < 4.78 is 0. The van der Waals surface area contributed by atoms with Gasteiger partial charge in [0.15, 0.2) is 0 Å². The molecule has 0 heterocycles. The Morgan fingerprint density at radius 2 is 1.83 bits per heavy atom. The standard InChI is InChI=1S/C16H25NO/c1-2-16(14-8-10-15(18)11-9-14)17-12-13-6-4-3-5-7-13/h8-11,13,16-18H,2-7,12H2,1H3. The van der Waals surface area contributed by atoms with Gasteiger partial charge in [0.05, 0.1) is 0 Å². The lowest BCUT2D eigenvalue weighted by atomic mass is 9.89. The van der Waals surface area contributed by atoms with Crippen LogP contribution in [0, 0.1) is 5.92 Å². The molecule has 100 valence electrons. The van der Waals surface area contributed by atoms with E-state index in [-0.39, 0.29) is 0 Å². The molecule has 1 saturated carbocycles. The van der Waals surface area contributed by atoms with E-state index in [2.05, 4.69) is 12.2 Å². The van der Waals surface area contributed by atoms with Crippen LogP contribution in [0.15, 0.2) is 24.3 Å². The summed E-state index contributed by atoms with van der Waals surface area (Å²) in [7, 11) is 0. The number of benzene rings is 1. The molecule has 1 aromatic rings. The molecule has 18 heavy (non-hydrogen) atoms. The Morgan fingerprint density at radius 3 is 2.44 bits per heavy atom. The van der Waals surface area contributed by atoms with Crippen molar-refractivity contribution in [2.24, 2.45) is 5.92 Å². The smallest absolute Gasteiger partial charge is 0.115 e. The van der Waals surface area contributed by atoms with Gasteiger partial charge in [-0.3, -0.25) is 0 Å². The van der Waals surface area contributed by atoms with Gasteiger partial charge in [0.1, 0.15) is 5.75 Å². The molecule has 1 fully saturated rings. The van der Waals surface area contributed by atoms with Crippen LogP contribution in [0.4, 0.5) is 0 Å². The highest BCUT2D eigenvalue weighted by Crippen LogP contribution is 2.25. The first kappa shape index (κ1) is 13.4. The van der Waals surface area contributed by atoms with E-state index in [4.69, 9.17) is 0 Å². The normalized spacial score (nSPS) is 18.7. The lowest BCUT2D eigenvalue weighted by molar-refractivity contribution is 0.326. The maximum Gasteiger partial charge on any atom is 0.115 e. The molecule has 1 aromatic carbocycles. The molecule has 1 aliphatic carbocycles. The monoisotopic (exact) mass is 247 g/mol. The SMILES string of the molecule is CCC(NCC1CCCCC1)c1ccc(O)cc1. The number of phenolic OH excluding ortho intramolecular Hbond substituents is 1. The topological polar surface area (TPSA) is 32.3 Å². The van der Waals surface area contributed by atoms with Gasteiger partial charge in [0, 0.05) is 6.04 Å². The number of nitrogens with one attached hydrogen (secondary N) is 1. The van der Waals surface area contributed by atoms with Gasteiger partial charge < -0.3 is 10.4 Å². The zero-order chi connectivity index (χ0) is 12.8. The van der Waals surface area contributed by atoms with Crippen LogP contribution in [0.1, 0.15) is 57.1 Å². The molecule has 1 unspecified atom stereocenters. The van der Waals surface area contributed by atoms with Crippen LogP contribution in [-0.4, -0.2) is 11.7 Å². The Balaban J connectivity index is 1.86. The highest BCUT2D eigenvalue weighted by molar-refractivity contribution is 5.27. The second kappa shape index (κ2) is 6.79. The minimum atomic E-state index is 0.348. The Hall–Kier alpha value is -1.02. The molecule has 0 aliphatic heterocycles. The Bertz CT molecular complexity index is 341. The number of rotatable bonds is 5. The van der Waals surface area contributed by atoms with Gasteiger partial charge in [-0.25, -0.2) is 0 Å². The Kier molecular flexibility index (Phi) is 5.06. The lowest BCUT2D eigenvalue weighted by Crippen LogP contribution is -2.28. The van der Waals surface area contributed by atoms with Crippen molar-refractivity contribution < 1.29 is 5.11 Å². The van der Waals surface area contributed by atoms with Gasteiger partial charge in [0.2, 0.25) is 0 Å². The van der Waals surface area contributed by atoms with E-state index < -0.39 is 0 Å². The molecule has 0 bridgehead atoms. The fraction of sp³-hybridized carbons (Fsp3) is 0.625. The van der Waals surface area contributed by atoms with Crippen molar-refractivity contribution in [3.8, 4) is 5.75 Å². The molecule has 0 amide bonds. The van der Waals surface area contributed by atoms with Crippen molar-refractivity contribution in [2.75, 3.05) is 6.54 Å². The highest BCUT2D eigenvalue weighted by Gasteiger charge is 2.15. The highest BCUT2D eigenvalue weighted by atomic mass is 16.3. The molecule has 0 radical (unpaired) electrons. The van der Waals surface area contributed by atoms with Crippen molar-refractivity contribution in [2.45, 2.75) is 51.5 Å². The molecule has 1 aliphatic rings. The average molecular weight is 247 g/mol. The van der Waals surface area contributed by atoms with Crippen LogP contribution in [0.25, 0.3) is 0 Å². The second-order valence-corrected chi connectivity index (χ2v) is 5.46. The van der Waals surface area contributed by atoms with Crippen molar-refractivity contribution in [3.05, 3.63) is 29.8 Å². The fourth-order valence-corrected chi connectivity index (χ4v) is 2.90. The summed E-state index contributed by atoms with van der Waals surface area (Å²) in [5.74, 6) is 1.21. The first-order valence-corrected chi connectivity index (χ1v) is 7.32. The van der Waals surface area contributed by atoms with Gasteiger partial charge in [-0.2, -0.15) is 0 Å².